The number of methoxy groups -OCH3 is 1. The maximum atomic E-state index is 12.2. The van der Waals surface area contributed by atoms with E-state index in [1.54, 1.807) is 0 Å². The van der Waals surface area contributed by atoms with Gasteiger partial charge in [0.25, 0.3) is 0 Å². The van der Waals surface area contributed by atoms with Gasteiger partial charge in [-0.2, -0.15) is 0 Å². The second-order valence-corrected chi connectivity index (χ2v) is 6.47. The van der Waals surface area contributed by atoms with Gasteiger partial charge in [-0.15, -0.1) is 0 Å². The van der Waals surface area contributed by atoms with Crippen molar-refractivity contribution in [1.82, 2.24) is 15.1 Å². The Bertz CT molecular complexity index is 363. The van der Waals surface area contributed by atoms with Crippen LogP contribution in [-0.4, -0.2) is 73.2 Å². The molecule has 5 heteroatoms. The number of hydrogen-bond acceptors (Lipinski definition) is 5. The molecule has 1 aliphatic heterocycles. The number of nitrogens with one attached hydrogen (secondary N) is 1. The Kier molecular flexibility index (Phi) is 5.63. The van der Waals surface area contributed by atoms with E-state index in [1.165, 1.54) is 7.11 Å². The lowest BCUT2D eigenvalue weighted by atomic mass is 9.97. The minimum atomic E-state index is -0.459. The van der Waals surface area contributed by atoms with Gasteiger partial charge in [0.2, 0.25) is 0 Å². The van der Waals surface area contributed by atoms with Gasteiger partial charge in [0.05, 0.1) is 7.11 Å². The van der Waals surface area contributed by atoms with Gasteiger partial charge in [-0.25, -0.2) is 0 Å². The van der Waals surface area contributed by atoms with Gasteiger partial charge in [0.15, 0.2) is 0 Å². The highest BCUT2D eigenvalue weighted by Gasteiger charge is 2.47. The fourth-order valence-corrected chi connectivity index (χ4v) is 4.11. The monoisotopic (exact) mass is 297 g/mol. The van der Waals surface area contributed by atoms with Crippen LogP contribution in [0, 0.1) is 0 Å². The summed E-state index contributed by atoms with van der Waals surface area (Å²) in [6.45, 7) is 11.9. The number of carbonyl (C=O) groups excluding carboxylic acids is 1. The number of hydrogen-bond donors (Lipinski definition) is 1. The van der Waals surface area contributed by atoms with Gasteiger partial charge in [0.1, 0.15) is 5.54 Å². The highest BCUT2D eigenvalue weighted by atomic mass is 16.5. The van der Waals surface area contributed by atoms with Crippen LogP contribution in [0.4, 0.5) is 0 Å². The van der Waals surface area contributed by atoms with Crippen molar-refractivity contribution in [3.63, 3.8) is 0 Å². The predicted molar refractivity (Wildman–Crippen MR) is 84.3 cm³/mol. The van der Waals surface area contributed by atoms with E-state index in [2.05, 4.69) is 35.9 Å². The zero-order chi connectivity index (χ0) is 15.5. The molecule has 5 nitrogen and oxygen atoms in total. The second kappa shape index (κ2) is 7.07. The summed E-state index contributed by atoms with van der Waals surface area (Å²) < 4.78 is 5.05. The topological polar surface area (TPSA) is 44.8 Å². The van der Waals surface area contributed by atoms with Crippen molar-refractivity contribution in [3.8, 4) is 0 Å². The average Bonchev–Trinajstić information content (AvgIpc) is 2.92. The molecule has 0 bridgehead atoms. The average molecular weight is 297 g/mol. The Balaban J connectivity index is 1.99. The summed E-state index contributed by atoms with van der Waals surface area (Å²) in [5.41, 5.74) is -0.459. The SMILES string of the molecule is CCNC1(C(=O)OC)CCC(N2CCN(CC)C(C)C2)C1. The highest BCUT2D eigenvalue weighted by Crippen LogP contribution is 2.35. The molecule has 2 rings (SSSR count). The largest absolute Gasteiger partial charge is 0.468 e. The van der Waals surface area contributed by atoms with E-state index in [1.807, 2.05) is 0 Å². The van der Waals surface area contributed by atoms with Crippen molar-refractivity contribution in [2.75, 3.05) is 39.8 Å². The number of carbonyl (C=O) groups is 1. The van der Waals surface area contributed by atoms with E-state index in [-0.39, 0.29) is 5.97 Å². The molecule has 122 valence electrons. The Hall–Kier alpha value is -0.650. The predicted octanol–water partition coefficient (Wildman–Crippen LogP) is 1.09. The third kappa shape index (κ3) is 3.41. The highest BCUT2D eigenvalue weighted by molar-refractivity contribution is 5.81. The summed E-state index contributed by atoms with van der Waals surface area (Å²) in [7, 11) is 1.50. The molecule has 1 saturated carbocycles. The molecule has 0 radical (unpaired) electrons. The van der Waals surface area contributed by atoms with E-state index < -0.39 is 5.54 Å². The molecule has 0 amide bonds. The van der Waals surface area contributed by atoms with Crippen molar-refractivity contribution in [2.45, 2.75) is 57.7 Å². The summed E-state index contributed by atoms with van der Waals surface area (Å²) in [6, 6.07) is 1.11. The number of rotatable bonds is 5. The molecular weight excluding hydrogens is 266 g/mol. The van der Waals surface area contributed by atoms with Crippen LogP contribution >= 0.6 is 0 Å². The molecule has 3 atom stereocenters. The van der Waals surface area contributed by atoms with Crippen LogP contribution in [0.15, 0.2) is 0 Å². The van der Waals surface area contributed by atoms with Gasteiger partial charge < -0.3 is 10.1 Å². The summed E-state index contributed by atoms with van der Waals surface area (Å²) >= 11 is 0. The molecule has 1 heterocycles. The quantitative estimate of drug-likeness (QED) is 0.770. The Morgan fingerprint density at radius 1 is 1.38 bits per heavy atom. The van der Waals surface area contributed by atoms with Crippen molar-refractivity contribution in [2.24, 2.45) is 0 Å². The van der Waals surface area contributed by atoms with Crippen LogP contribution in [0.5, 0.6) is 0 Å². The van der Waals surface area contributed by atoms with Crippen LogP contribution in [0.25, 0.3) is 0 Å². The minimum Gasteiger partial charge on any atom is -0.468 e. The van der Waals surface area contributed by atoms with Crippen LogP contribution in [0.2, 0.25) is 0 Å². The molecule has 2 fully saturated rings. The first-order valence-electron chi connectivity index (χ1n) is 8.37. The molecule has 0 aromatic heterocycles. The zero-order valence-corrected chi connectivity index (χ0v) is 14.0. The van der Waals surface area contributed by atoms with Crippen molar-refractivity contribution >= 4 is 5.97 Å². The van der Waals surface area contributed by atoms with Crippen molar-refractivity contribution in [3.05, 3.63) is 0 Å². The van der Waals surface area contributed by atoms with E-state index in [0.717, 1.165) is 52.0 Å². The van der Waals surface area contributed by atoms with Crippen LogP contribution in [0.1, 0.15) is 40.0 Å². The van der Waals surface area contributed by atoms with Gasteiger partial charge >= 0.3 is 5.97 Å². The number of nitrogens with zero attached hydrogens (tertiary/aromatic N) is 2. The first kappa shape index (κ1) is 16.7. The normalized spacial score (nSPS) is 35.0. The first-order chi connectivity index (χ1) is 10.1. The van der Waals surface area contributed by atoms with Gasteiger partial charge in [-0.05, 0) is 39.3 Å². The van der Waals surface area contributed by atoms with E-state index in [9.17, 15) is 4.79 Å². The molecule has 0 aromatic carbocycles. The molecule has 3 unspecified atom stereocenters. The number of piperazine rings is 1. The summed E-state index contributed by atoms with van der Waals surface area (Å²) in [5, 5.41) is 3.40. The molecule has 1 aliphatic carbocycles. The van der Waals surface area contributed by atoms with Crippen LogP contribution in [0.3, 0.4) is 0 Å². The summed E-state index contributed by atoms with van der Waals surface area (Å²) in [6.07, 6.45) is 2.86. The fourth-order valence-electron chi connectivity index (χ4n) is 4.11. The fraction of sp³-hybridized carbons (Fsp3) is 0.938. The molecule has 21 heavy (non-hydrogen) atoms. The number of likely N-dealkylation sites (N-methyl/N-ethyl adjacent to an activating group) is 2. The lowest BCUT2D eigenvalue weighted by Gasteiger charge is -2.42. The Morgan fingerprint density at radius 3 is 2.71 bits per heavy atom. The Morgan fingerprint density at radius 2 is 2.14 bits per heavy atom. The molecule has 0 spiro atoms. The second-order valence-electron chi connectivity index (χ2n) is 6.47. The molecule has 1 saturated heterocycles. The van der Waals surface area contributed by atoms with Crippen molar-refractivity contribution < 1.29 is 9.53 Å². The van der Waals surface area contributed by atoms with Crippen molar-refractivity contribution in [1.29, 1.82) is 0 Å². The standard InChI is InChI=1S/C16H31N3O2/c1-5-17-16(15(20)21-4)8-7-14(11-16)19-10-9-18(6-2)13(3)12-19/h13-14,17H,5-12H2,1-4H3. The first-order valence-corrected chi connectivity index (χ1v) is 8.37. The molecule has 0 aromatic rings. The van der Waals surface area contributed by atoms with Gasteiger partial charge in [0, 0.05) is 31.7 Å². The van der Waals surface area contributed by atoms with Gasteiger partial charge in [-0.1, -0.05) is 13.8 Å². The third-order valence-electron chi connectivity index (χ3n) is 5.30. The zero-order valence-electron chi connectivity index (χ0n) is 14.0. The molecule has 2 aliphatic rings. The summed E-state index contributed by atoms with van der Waals surface area (Å²) in [5.74, 6) is -0.0907. The lowest BCUT2D eigenvalue weighted by Crippen LogP contribution is -2.56. The van der Waals surface area contributed by atoms with E-state index >= 15 is 0 Å². The van der Waals surface area contributed by atoms with Crippen LogP contribution < -0.4 is 5.32 Å². The van der Waals surface area contributed by atoms with E-state index in [0.29, 0.717) is 12.1 Å². The lowest BCUT2D eigenvalue weighted by molar-refractivity contribution is -0.148. The Labute approximate surface area is 129 Å². The third-order valence-corrected chi connectivity index (χ3v) is 5.30. The molecular formula is C16H31N3O2. The number of ether oxygens (including phenoxy) is 1. The number of esters is 1. The minimum absolute atomic E-state index is 0.0907. The van der Waals surface area contributed by atoms with Gasteiger partial charge in [-0.3, -0.25) is 14.6 Å². The van der Waals surface area contributed by atoms with E-state index in [4.69, 9.17) is 4.74 Å². The summed E-state index contributed by atoms with van der Waals surface area (Å²) in [4.78, 5) is 17.3. The van der Waals surface area contributed by atoms with Crippen LogP contribution in [-0.2, 0) is 9.53 Å². The molecule has 1 N–H and O–H groups in total. The smallest absolute Gasteiger partial charge is 0.326 e. The maximum absolute atomic E-state index is 12.2. The maximum Gasteiger partial charge on any atom is 0.326 e.